The number of pyridine rings is 1. The van der Waals surface area contributed by atoms with Crippen molar-refractivity contribution in [1.29, 1.82) is 0 Å². The summed E-state index contributed by atoms with van der Waals surface area (Å²) >= 11 is 0. The van der Waals surface area contributed by atoms with Gasteiger partial charge in [-0.25, -0.2) is 0 Å². The predicted octanol–water partition coefficient (Wildman–Crippen LogP) is 2.66. The van der Waals surface area contributed by atoms with Crippen molar-refractivity contribution < 1.29 is 9.53 Å². The van der Waals surface area contributed by atoms with Gasteiger partial charge in [-0.15, -0.1) is 0 Å². The molecule has 0 saturated heterocycles. The van der Waals surface area contributed by atoms with Gasteiger partial charge in [-0.05, 0) is 30.7 Å². The van der Waals surface area contributed by atoms with E-state index in [9.17, 15) is 4.79 Å². The molecule has 0 saturated carbocycles. The molecule has 0 aliphatic heterocycles. The van der Waals surface area contributed by atoms with Crippen LogP contribution in [0.5, 0.6) is 0 Å². The molecule has 0 fully saturated rings. The van der Waals surface area contributed by atoms with E-state index in [0.29, 0.717) is 13.0 Å². The first-order chi connectivity index (χ1) is 11.2. The smallest absolute Gasteiger partial charge is 0.323 e. The number of esters is 1. The molecule has 1 atom stereocenters. The van der Waals surface area contributed by atoms with E-state index in [1.165, 1.54) is 0 Å². The molecule has 1 aromatic carbocycles. The second-order valence-electron chi connectivity index (χ2n) is 5.30. The van der Waals surface area contributed by atoms with Gasteiger partial charge >= 0.3 is 5.97 Å². The molecule has 5 nitrogen and oxygen atoms in total. The maximum absolute atomic E-state index is 11.9. The summed E-state index contributed by atoms with van der Waals surface area (Å²) in [7, 11) is 0. The quantitative estimate of drug-likeness (QED) is 0.710. The maximum Gasteiger partial charge on any atom is 0.323 e. The Morgan fingerprint density at radius 3 is 2.78 bits per heavy atom. The van der Waals surface area contributed by atoms with E-state index in [0.717, 1.165) is 27.9 Å². The fraction of sp³-hybridized carbons (Fsp3) is 0.222. The van der Waals surface area contributed by atoms with E-state index in [2.05, 4.69) is 9.97 Å². The monoisotopic (exact) mass is 309 g/mol. The highest BCUT2D eigenvalue weighted by atomic mass is 16.5. The molecule has 5 heteroatoms. The third-order valence-electron chi connectivity index (χ3n) is 3.75. The zero-order valence-corrected chi connectivity index (χ0v) is 13.0. The lowest BCUT2D eigenvalue weighted by Crippen LogP contribution is -2.34. The van der Waals surface area contributed by atoms with Gasteiger partial charge in [-0.3, -0.25) is 9.78 Å². The highest BCUT2D eigenvalue weighted by molar-refractivity contribution is 5.91. The number of hydrogen-bond acceptors (Lipinski definition) is 4. The van der Waals surface area contributed by atoms with Gasteiger partial charge in [0.2, 0.25) is 0 Å². The summed E-state index contributed by atoms with van der Waals surface area (Å²) in [4.78, 5) is 19.7. The van der Waals surface area contributed by atoms with Crippen molar-refractivity contribution in [2.24, 2.45) is 5.73 Å². The molecule has 3 aromatic rings. The summed E-state index contributed by atoms with van der Waals surface area (Å²) in [5.74, 6) is -0.384. The van der Waals surface area contributed by atoms with Gasteiger partial charge in [0.1, 0.15) is 6.04 Å². The molecule has 23 heavy (non-hydrogen) atoms. The number of hydrogen-bond donors (Lipinski definition) is 2. The molecule has 3 N–H and O–H groups in total. The molecule has 0 aliphatic rings. The van der Waals surface area contributed by atoms with Crippen LogP contribution < -0.4 is 5.73 Å². The zero-order valence-electron chi connectivity index (χ0n) is 13.0. The number of nitrogens with zero attached hydrogens (tertiary/aromatic N) is 1. The van der Waals surface area contributed by atoms with E-state index in [4.69, 9.17) is 10.5 Å². The molecule has 2 heterocycles. The summed E-state index contributed by atoms with van der Waals surface area (Å²) in [5, 5.41) is 1.05. The van der Waals surface area contributed by atoms with E-state index >= 15 is 0 Å². The molecule has 0 bridgehead atoms. The first-order valence-corrected chi connectivity index (χ1v) is 7.64. The number of H-pyrrole nitrogens is 1. The van der Waals surface area contributed by atoms with Gasteiger partial charge < -0.3 is 15.5 Å². The number of para-hydroxylation sites is 1. The zero-order chi connectivity index (χ0) is 16.2. The van der Waals surface area contributed by atoms with Crippen molar-refractivity contribution in [3.63, 3.8) is 0 Å². The Balaban J connectivity index is 2.05. The van der Waals surface area contributed by atoms with Gasteiger partial charge in [-0.2, -0.15) is 0 Å². The first-order valence-electron chi connectivity index (χ1n) is 7.64. The summed E-state index contributed by atoms with van der Waals surface area (Å²) in [6.45, 7) is 2.10. The van der Waals surface area contributed by atoms with Crippen LogP contribution in [0.2, 0.25) is 0 Å². The Morgan fingerprint density at radius 2 is 2.04 bits per heavy atom. The van der Waals surface area contributed by atoms with Crippen LogP contribution >= 0.6 is 0 Å². The average Bonchev–Trinajstić information content (AvgIpc) is 2.94. The standard InChI is InChI=1S/C18H19N3O2/c1-2-23-18(22)14(19)11-13-12-7-3-4-8-15(12)21-17(13)16-9-5-6-10-20-16/h3-10,14,21H,2,11,19H2,1H3. The topological polar surface area (TPSA) is 81.0 Å². The highest BCUT2D eigenvalue weighted by Crippen LogP contribution is 2.30. The lowest BCUT2D eigenvalue weighted by molar-refractivity contribution is -0.144. The Kier molecular flexibility index (Phi) is 4.39. The normalized spacial score (nSPS) is 12.3. The van der Waals surface area contributed by atoms with Crippen molar-refractivity contribution in [2.45, 2.75) is 19.4 Å². The summed E-state index contributed by atoms with van der Waals surface area (Å²) < 4.78 is 5.02. The maximum atomic E-state index is 11.9. The van der Waals surface area contributed by atoms with Crippen LogP contribution in [0.15, 0.2) is 48.7 Å². The van der Waals surface area contributed by atoms with Crippen LogP contribution in [-0.4, -0.2) is 28.6 Å². The molecule has 0 radical (unpaired) electrons. The largest absolute Gasteiger partial charge is 0.465 e. The number of rotatable bonds is 5. The number of carbonyl (C=O) groups excluding carboxylic acids is 1. The minimum Gasteiger partial charge on any atom is -0.465 e. The average molecular weight is 309 g/mol. The molecule has 0 amide bonds. The number of aromatic amines is 1. The Hall–Kier alpha value is -2.66. The van der Waals surface area contributed by atoms with Crippen LogP contribution in [0.4, 0.5) is 0 Å². The summed E-state index contributed by atoms with van der Waals surface area (Å²) in [6, 6.07) is 13.0. The molecule has 3 rings (SSSR count). The molecule has 2 aromatic heterocycles. The molecule has 0 spiro atoms. The van der Waals surface area contributed by atoms with Crippen molar-refractivity contribution >= 4 is 16.9 Å². The fourth-order valence-corrected chi connectivity index (χ4v) is 2.69. The molecule has 118 valence electrons. The number of nitrogens with one attached hydrogen (secondary N) is 1. The Labute approximate surface area is 134 Å². The number of fused-ring (bicyclic) bond motifs is 1. The minimum atomic E-state index is -0.698. The summed E-state index contributed by atoms with van der Waals surface area (Å²) in [5.41, 5.74) is 9.73. The van der Waals surface area contributed by atoms with Crippen LogP contribution in [0.1, 0.15) is 12.5 Å². The van der Waals surface area contributed by atoms with Crippen LogP contribution in [0.25, 0.3) is 22.3 Å². The Morgan fingerprint density at radius 1 is 1.26 bits per heavy atom. The van der Waals surface area contributed by atoms with E-state index in [1.807, 2.05) is 42.5 Å². The van der Waals surface area contributed by atoms with Crippen molar-refractivity contribution in [2.75, 3.05) is 6.61 Å². The second kappa shape index (κ2) is 6.62. The highest BCUT2D eigenvalue weighted by Gasteiger charge is 2.21. The number of ether oxygens (including phenoxy) is 1. The third kappa shape index (κ3) is 3.10. The number of nitrogens with two attached hydrogens (primary N) is 1. The van der Waals surface area contributed by atoms with Crippen LogP contribution in [0.3, 0.4) is 0 Å². The number of aromatic nitrogens is 2. The van der Waals surface area contributed by atoms with Crippen molar-refractivity contribution in [3.8, 4) is 11.4 Å². The van der Waals surface area contributed by atoms with Gasteiger partial charge in [-0.1, -0.05) is 24.3 Å². The van der Waals surface area contributed by atoms with Gasteiger partial charge in [0.25, 0.3) is 0 Å². The summed E-state index contributed by atoms with van der Waals surface area (Å²) in [6.07, 6.45) is 2.14. The predicted molar refractivity (Wildman–Crippen MR) is 89.8 cm³/mol. The van der Waals surface area contributed by atoms with E-state index in [1.54, 1.807) is 13.1 Å². The molecular formula is C18H19N3O2. The number of benzene rings is 1. The van der Waals surface area contributed by atoms with Crippen molar-refractivity contribution in [1.82, 2.24) is 9.97 Å². The lowest BCUT2D eigenvalue weighted by Gasteiger charge is -2.11. The second-order valence-corrected chi connectivity index (χ2v) is 5.30. The first kappa shape index (κ1) is 15.2. The molecule has 0 aliphatic carbocycles. The van der Waals surface area contributed by atoms with Crippen molar-refractivity contribution in [3.05, 3.63) is 54.2 Å². The van der Waals surface area contributed by atoms with Crippen LogP contribution in [0, 0.1) is 0 Å². The Bertz CT molecular complexity index is 812. The SMILES string of the molecule is CCOC(=O)C(N)Cc1c(-c2ccccn2)[nH]c2ccccc12. The molecule has 1 unspecified atom stereocenters. The number of carbonyl (C=O) groups is 1. The van der Waals surface area contributed by atoms with Gasteiger partial charge in [0.05, 0.1) is 18.0 Å². The van der Waals surface area contributed by atoms with Crippen LogP contribution in [-0.2, 0) is 16.0 Å². The molecular weight excluding hydrogens is 290 g/mol. The van der Waals surface area contributed by atoms with Gasteiger partial charge in [0, 0.05) is 23.5 Å². The van der Waals surface area contributed by atoms with E-state index in [-0.39, 0.29) is 5.97 Å². The minimum absolute atomic E-state index is 0.327. The lowest BCUT2D eigenvalue weighted by atomic mass is 10.0. The third-order valence-corrected chi connectivity index (χ3v) is 3.75. The van der Waals surface area contributed by atoms with Gasteiger partial charge in [0.15, 0.2) is 0 Å². The van der Waals surface area contributed by atoms with E-state index < -0.39 is 6.04 Å². The fourth-order valence-electron chi connectivity index (χ4n) is 2.69.